The van der Waals surface area contributed by atoms with Gasteiger partial charge in [0.15, 0.2) is 6.61 Å². The van der Waals surface area contributed by atoms with Crippen molar-refractivity contribution in [1.29, 1.82) is 0 Å². The quantitative estimate of drug-likeness (QED) is 0.744. The molecular weight excluding hydrogens is 390 g/mol. The van der Waals surface area contributed by atoms with E-state index in [1.807, 2.05) is 36.1 Å². The van der Waals surface area contributed by atoms with E-state index >= 15 is 0 Å². The number of likely N-dealkylation sites (tertiary alicyclic amines) is 2. The van der Waals surface area contributed by atoms with Gasteiger partial charge in [0.25, 0.3) is 5.91 Å². The van der Waals surface area contributed by atoms with Crippen molar-refractivity contribution in [2.24, 2.45) is 11.8 Å². The van der Waals surface area contributed by atoms with Gasteiger partial charge >= 0.3 is 0 Å². The molecule has 0 saturated carbocycles. The number of carbonyl (C=O) groups is 2. The number of benzene rings is 1. The second-order valence-corrected chi connectivity index (χ2v) is 10.0. The molecule has 0 N–H and O–H groups in total. The summed E-state index contributed by atoms with van der Waals surface area (Å²) in [6.45, 7) is 7.00. The Bertz CT molecular complexity index is 803. The fraction of sp³-hybridized carbons (Fsp3) is 0.680. The molecule has 1 aromatic rings. The Balaban J connectivity index is 1.11. The van der Waals surface area contributed by atoms with Crippen LogP contribution in [0.25, 0.3) is 0 Å². The van der Waals surface area contributed by atoms with Gasteiger partial charge in [0.05, 0.1) is 0 Å². The highest BCUT2D eigenvalue weighted by Crippen LogP contribution is 2.39. The Morgan fingerprint density at radius 1 is 1.06 bits per heavy atom. The van der Waals surface area contributed by atoms with Crippen LogP contribution < -0.4 is 4.74 Å². The molecule has 2 unspecified atom stereocenters. The van der Waals surface area contributed by atoms with Crippen molar-refractivity contribution in [1.82, 2.24) is 14.7 Å². The van der Waals surface area contributed by atoms with Crippen LogP contribution in [0.2, 0.25) is 0 Å². The molecule has 2 amide bonds. The fourth-order valence-corrected chi connectivity index (χ4v) is 6.30. The maximum atomic E-state index is 12.6. The van der Waals surface area contributed by atoms with Crippen LogP contribution in [0.1, 0.15) is 44.1 Å². The number of hydrogen-bond acceptors (Lipinski definition) is 4. The van der Waals surface area contributed by atoms with E-state index in [-0.39, 0.29) is 12.5 Å². The number of rotatable bonds is 4. The van der Waals surface area contributed by atoms with Gasteiger partial charge in [0.2, 0.25) is 5.91 Å². The number of nitrogens with zero attached hydrogens (tertiary/aromatic N) is 3. The third-order valence-corrected chi connectivity index (χ3v) is 7.92. The Labute approximate surface area is 185 Å². The lowest BCUT2D eigenvalue weighted by Gasteiger charge is -2.54. The minimum atomic E-state index is 0.0888. The van der Waals surface area contributed by atoms with Gasteiger partial charge in [-0.2, -0.15) is 0 Å². The highest BCUT2D eigenvalue weighted by molar-refractivity contribution is 5.78. The number of carbonyl (C=O) groups excluding carboxylic acids is 2. The lowest BCUT2D eigenvalue weighted by Crippen LogP contribution is -2.62. The van der Waals surface area contributed by atoms with E-state index in [0.717, 1.165) is 64.2 Å². The van der Waals surface area contributed by atoms with Crippen LogP contribution in [0.4, 0.5) is 0 Å². The molecule has 6 nitrogen and oxygen atoms in total. The van der Waals surface area contributed by atoms with Gasteiger partial charge in [-0.1, -0.05) is 17.7 Å². The van der Waals surface area contributed by atoms with Crippen LogP contribution in [-0.2, 0) is 9.59 Å². The Hall–Kier alpha value is -2.08. The number of piperidine rings is 4. The summed E-state index contributed by atoms with van der Waals surface area (Å²) >= 11 is 0. The topological polar surface area (TPSA) is 53.1 Å². The van der Waals surface area contributed by atoms with Gasteiger partial charge in [-0.25, -0.2) is 0 Å². The average Bonchev–Trinajstić information content (AvgIpc) is 2.79. The summed E-state index contributed by atoms with van der Waals surface area (Å²) in [5, 5.41) is 0. The number of ether oxygens (including phenoxy) is 1. The highest BCUT2D eigenvalue weighted by Gasteiger charge is 2.45. The van der Waals surface area contributed by atoms with Crippen molar-refractivity contribution < 1.29 is 14.3 Å². The number of amides is 2. The predicted octanol–water partition coefficient (Wildman–Crippen LogP) is 2.70. The van der Waals surface area contributed by atoms with E-state index in [9.17, 15) is 9.59 Å². The lowest BCUT2D eigenvalue weighted by atomic mass is 9.75. The van der Waals surface area contributed by atoms with Crippen molar-refractivity contribution in [2.45, 2.75) is 57.5 Å². The summed E-state index contributed by atoms with van der Waals surface area (Å²) in [6.07, 6.45) is 6.38. The largest absolute Gasteiger partial charge is 0.484 e. The number of fused-ring (bicyclic) bond motifs is 4. The molecule has 0 radical (unpaired) electrons. The molecule has 168 valence electrons. The molecule has 4 aliphatic heterocycles. The highest BCUT2D eigenvalue weighted by atomic mass is 16.5. The summed E-state index contributed by atoms with van der Waals surface area (Å²) in [5.74, 6) is 2.49. The van der Waals surface area contributed by atoms with E-state index < -0.39 is 0 Å². The molecule has 0 aromatic heterocycles. The molecular formula is C25H35N3O3. The maximum absolute atomic E-state index is 12.6. The first kappa shape index (κ1) is 20.8. The number of aryl methyl sites for hydroxylation is 1. The van der Waals surface area contributed by atoms with E-state index in [0.29, 0.717) is 29.8 Å². The van der Waals surface area contributed by atoms with Crippen molar-refractivity contribution in [3.05, 3.63) is 29.8 Å². The first-order valence-electron chi connectivity index (χ1n) is 12.1. The third-order valence-electron chi connectivity index (χ3n) is 7.92. The maximum Gasteiger partial charge on any atom is 0.260 e. The summed E-state index contributed by atoms with van der Waals surface area (Å²) < 4.78 is 5.69. The minimum absolute atomic E-state index is 0.0888. The van der Waals surface area contributed by atoms with Gasteiger partial charge in [-0.05, 0) is 63.0 Å². The first-order valence-corrected chi connectivity index (χ1v) is 12.1. The standard InChI is InChI=1S/C25H35N3O3/c1-18-5-7-22(8-6-18)31-17-25(30)26-11-9-21(10-12-26)27-14-19-13-20(16-27)23-3-2-4-24(29)28(23)15-19/h5-8,19-21,23H,2-4,9-17H2,1H3/t19?,20?,23-/m1/s1. The van der Waals surface area contributed by atoms with Crippen molar-refractivity contribution in [3.8, 4) is 5.75 Å². The van der Waals surface area contributed by atoms with Gasteiger partial charge in [0, 0.05) is 51.2 Å². The normalized spacial score (nSPS) is 29.6. The Kier molecular flexibility index (Phi) is 5.91. The van der Waals surface area contributed by atoms with Gasteiger partial charge in [-0.15, -0.1) is 0 Å². The second-order valence-electron chi connectivity index (χ2n) is 10.0. The molecule has 4 heterocycles. The van der Waals surface area contributed by atoms with Gasteiger partial charge < -0.3 is 14.5 Å². The van der Waals surface area contributed by atoms with Crippen LogP contribution in [0.15, 0.2) is 24.3 Å². The van der Waals surface area contributed by atoms with E-state index in [1.165, 1.54) is 18.4 Å². The zero-order valence-corrected chi connectivity index (χ0v) is 18.7. The van der Waals surface area contributed by atoms with Gasteiger partial charge in [-0.3, -0.25) is 14.5 Å². The van der Waals surface area contributed by atoms with E-state index in [1.54, 1.807) is 0 Å². The molecule has 4 fully saturated rings. The van der Waals surface area contributed by atoms with Crippen LogP contribution in [0.3, 0.4) is 0 Å². The molecule has 1 aromatic carbocycles. The van der Waals surface area contributed by atoms with Crippen molar-refractivity contribution in [2.75, 3.05) is 39.3 Å². The predicted molar refractivity (Wildman–Crippen MR) is 119 cm³/mol. The molecule has 0 aliphatic carbocycles. The smallest absolute Gasteiger partial charge is 0.260 e. The minimum Gasteiger partial charge on any atom is -0.484 e. The third kappa shape index (κ3) is 4.45. The molecule has 5 rings (SSSR count). The van der Waals surface area contributed by atoms with Gasteiger partial charge in [0.1, 0.15) is 5.75 Å². The lowest BCUT2D eigenvalue weighted by molar-refractivity contribution is -0.146. The fourth-order valence-electron chi connectivity index (χ4n) is 6.30. The summed E-state index contributed by atoms with van der Waals surface area (Å²) in [4.78, 5) is 31.9. The molecule has 6 heteroatoms. The Morgan fingerprint density at radius 3 is 2.61 bits per heavy atom. The molecule has 4 saturated heterocycles. The average molecular weight is 426 g/mol. The molecule has 4 aliphatic rings. The Morgan fingerprint density at radius 2 is 1.84 bits per heavy atom. The van der Waals surface area contributed by atoms with Crippen LogP contribution >= 0.6 is 0 Å². The van der Waals surface area contributed by atoms with E-state index in [2.05, 4.69) is 9.80 Å². The molecule has 3 atom stereocenters. The zero-order valence-electron chi connectivity index (χ0n) is 18.7. The zero-order chi connectivity index (χ0) is 21.4. The monoisotopic (exact) mass is 425 g/mol. The van der Waals surface area contributed by atoms with Crippen LogP contribution in [-0.4, -0.2) is 77.9 Å². The SMILES string of the molecule is Cc1ccc(OCC(=O)N2CCC(N3CC4CC(C3)[C@H]3CCCC(=O)N3C4)CC2)cc1. The van der Waals surface area contributed by atoms with Crippen LogP contribution in [0.5, 0.6) is 5.75 Å². The van der Waals surface area contributed by atoms with Crippen LogP contribution in [0, 0.1) is 18.8 Å². The first-order chi connectivity index (χ1) is 15.1. The molecule has 31 heavy (non-hydrogen) atoms. The van der Waals surface area contributed by atoms with Crippen molar-refractivity contribution >= 4 is 11.8 Å². The second kappa shape index (κ2) is 8.81. The molecule has 2 bridgehead atoms. The summed E-state index contributed by atoms with van der Waals surface area (Å²) in [5.41, 5.74) is 1.19. The molecule has 0 spiro atoms. The summed E-state index contributed by atoms with van der Waals surface area (Å²) in [6, 6.07) is 8.88. The van der Waals surface area contributed by atoms with Crippen molar-refractivity contribution in [3.63, 3.8) is 0 Å². The van der Waals surface area contributed by atoms with E-state index in [4.69, 9.17) is 4.74 Å². The number of hydrogen-bond donors (Lipinski definition) is 0. The summed E-state index contributed by atoms with van der Waals surface area (Å²) in [7, 11) is 0.